The highest BCUT2D eigenvalue weighted by Gasteiger charge is 2.47. The van der Waals surface area contributed by atoms with Crippen LogP contribution < -0.4 is 10.6 Å². The smallest absolute Gasteiger partial charge is 0.223 e. The third-order valence-corrected chi connectivity index (χ3v) is 5.42. The fraction of sp³-hybridized carbons (Fsp3) is 0.318. The van der Waals surface area contributed by atoms with Crippen molar-refractivity contribution in [3.63, 3.8) is 0 Å². The lowest BCUT2D eigenvalue weighted by atomic mass is 10.1. The summed E-state index contributed by atoms with van der Waals surface area (Å²) in [7, 11) is 0. The van der Waals surface area contributed by atoms with E-state index in [9.17, 15) is 4.39 Å². The molecule has 1 aromatic carbocycles. The predicted molar refractivity (Wildman–Crippen MR) is 109 cm³/mol. The number of nitrogens with zero attached hydrogens (tertiary/aromatic N) is 3. The summed E-state index contributed by atoms with van der Waals surface area (Å²) in [6, 6.07) is 14.0. The molecule has 4 atom stereocenters. The number of nitrogens with one attached hydrogen (secondary N) is 2. The number of halogens is 1. The minimum Gasteiger partial charge on any atom is -0.371 e. The molecule has 5 rings (SSSR count). The molecule has 2 fully saturated rings. The van der Waals surface area contributed by atoms with Crippen molar-refractivity contribution in [2.24, 2.45) is 0 Å². The van der Waals surface area contributed by atoms with E-state index in [2.05, 4.69) is 25.6 Å². The molecule has 0 radical (unpaired) electrons. The molecule has 4 heterocycles. The van der Waals surface area contributed by atoms with Crippen LogP contribution in [-0.2, 0) is 16.0 Å². The van der Waals surface area contributed by atoms with Crippen molar-refractivity contribution in [1.29, 1.82) is 0 Å². The van der Waals surface area contributed by atoms with E-state index >= 15 is 0 Å². The number of ether oxygens (including phenoxy) is 2. The largest absolute Gasteiger partial charge is 0.371 e. The van der Waals surface area contributed by atoms with Gasteiger partial charge in [-0.15, -0.1) is 0 Å². The van der Waals surface area contributed by atoms with Crippen LogP contribution in [0.2, 0.25) is 0 Å². The van der Waals surface area contributed by atoms with Crippen LogP contribution in [0.25, 0.3) is 11.3 Å². The van der Waals surface area contributed by atoms with Gasteiger partial charge < -0.3 is 20.1 Å². The van der Waals surface area contributed by atoms with E-state index in [1.165, 1.54) is 12.1 Å². The summed E-state index contributed by atoms with van der Waals surface area (Å²) in [5.41, 5.74) is 2.35. The standard InChI is InChI=1S/C22H22FN5O2/c23-15-5-3-4-14(10-15)17-7-9-25-22(27-17)28-19-13-30-20-18(12-29-21(19)20)26-11-16-6-1-2-8-24-16/h1-10,18-21,26H,11-13H2,(H,25,27,28)/t18-,19-,20+,21+/m0/s1. The topological polar surface area (TPSA) is 81.2 Å². The van der Waals surface area contributed by atoms with Gasteiger partial charge in [0.05, 0.1) is 36.7 Å². The first-order valence-corrected chi connectivity index (χ1v) is 9.98. The maximum Gasteiger partial charge on any atom is 0.223 e. The molecule has 2 saturated heterocycles. The summed E-state index contributed by atoms with van der Waals surface area (Å²) in [5.74, 6) is 0.177. The first-order valence-electron chi connectivity index (χ1n) is 9.98. The second-order valence-corrected chi connectivity index (χ2v) is 7.43. The van der Waals surface area contributed by atoms with Crippen LogP contribution in [-0.4, -0.2) is 52.5 Å². The average molecular weight is 407 g/mol. The molecule has 154 valence electrons. The zero-order valence-corrected chi connectivity index (χ0v) is 16.2. The quantitative estimate of drug-likeness (QED) is 0.649. The second-order valence-electron chi connectivity index (χ2n) is 7.43. The van der Waals surface area contributed by atoms with Crippen molar-refractivity contribution in [2.75, 3.05) is 18.5 Å². The number of benzene rings is 1. The van der Waals surface area contributed by atoms with Crippen LogP contribution in [0, 0.1) is 5.82 Å². The van der Waals surface area contributed by atoms with Gasteiger partial charge in [-0.2, -0.15) is 0 Å². The summed E-state index contributed by atoms with van der Waals surface area (Å²) in [6.45, 7) is 1.74. The second kappa shape index (κ2) is 8.43. The molecule has 2 aromatic heterocycles. The number of fused-ring (bicyclic) bond motifs is 1. The zero-order valence-electron chi connectivity index (χ0n) is 16.2. The Morgan fingerprint density at radius 3 is 2.63 bits per heavy atom. The molecule has 7 nitrogen and oxygen atoms in total. The molecule has 0 saturated carbocycles. The van der Waals surface area contributed by atoms with Crippen LogP contribution in [0.3, 0.4) is 0 Å². The Kier molecular flexibility index (Phi) is 5.35. The molecule has 0 aliphatic carbocycles. The van der Waals surface area contributed by atoms with Gasteiger partial charge >= 0.3 is 0 Å². The predicted octanol–water partition coefficient (Wildman–Crippen LogP) is 2.41. The number of hydrogen-bond acceptors (Lipinski definition) is 7. The average Bonchev–Trinajstić information content (AvgIpc) is 3.36. The third kappa shape index (κ3) is 4.02. The Morgan fingerprint density at radius 2 is 1.80 bits per heavy atom. The summed E-state index contributed by atoms with van der Waals surface area (Å²) in [4.78, 5) is 13.2. The first-order chi connectivity index (χ1) is 14.8. The lowest BCUT2D eigenvalue weighted by Gasteiger charge is -2.18. The van der Waals surface area contributed by atoms with Gasteiger partial charge in [0.1, 0.15) is 18.0 Å². The van der Waals surface area contributed by atoms with Gasteiger partial charge in [0.2, 0.25) is 5.95 Å². The highest BCUT2D eigenvalue weighted by Crippen LogP contribution is 2.29. The van der Waals surface area contributed by atoms with E-state index in [4.69, 9.17) is 9.47 Å². The maximum absolute atomic E-state index is 13.5. The summed E-state index contributed by atoms with van der Waals surface area (Å²) < 4.78 is 25.6. The number of pyridine rings is 1. The van der Waals surface area contributed by atoms with Crippen LogP contribution in [0.5, 0.6) is 0 Å². The van der Waals surface area contributed by atoms with Crippen molar-refractivity contribution in [3.8, 4) is 11.3 Å². The molecule has 0 bridgehead atoms. The molecular weight excluding hydrogens is 385 g/mol. The van der Waals surface area contributed by atoms with Crippen LogP contribution >= 0.6 is 0 Å². The number of hydrogen-bond donors (Lipinski definition) is 2. The fourth-order valence-electron chi connectivity index (χ4n) is 3.94. The SMILES string of the molecule is Fc1cccc(-c2ccnc(N[C@H]3CO[C@H]4[C@@H]3OC[C@@H]4NCc3ccccn3)n2)c1. The Hall–Kier alpha value is -2.94. The van der Waals surface area contributed by atoms with Crippen molar-refractivity contribution < 1.29 is 13.9 Å². The Balaban J connectivity index is 1.23. The highest BCUT2D eigenvalue weighted by molar-refractivity contribution is 5.60. The molecular formula is C22H22FN5O2. The zero-order chi connectivity index (χ0) is 20.3. The molecule has 8 heteroatoms. The molecule has 3 aromatic rings. The van der Waals surface area contributed by atoms with E-state index in [1.807, 2.05) is 24.3 Å². The van der Waals surface area contributed by atoms with Gasteiger partial charge in [-0.05, 0) is 30.3 Å². The monoisotopic (exact) mass is 407 g/mol. The molecule has 0 spiro atoms. The maximum atomic E-state index is 13.5. The molecule has 30 heavy (non-hydrogen) atoms. The molecule has 2 aliphatic heterocycles. The van der Waals surface area contributed by atoms with E-state index < -0.39 is 0 Å². The van der Waals surface area contributed by atoms with E-state index in [0.717, 1.165) is 5.69 Å². The van der Waals surface area contributed by atoms with Crippen molar-refractivity contribution in [3.05, 3.63) is 72.4 Å². The summed E-state index contributed by atoms with van der Waals surface area (Å²) >= 11 is 0. The number of aromatic nitrogens is 3. The molecule has 2 N–H and O–H groups in total. The number of rotatable bonds is 6. The van der Waals surface area contributed by atoms with E-state index in [-0.39, 0.29) is 30.1 Å². The summed E-state index contributed by atoms with van der Waals surface area (Å²) in [5, 5.41) is 6.81. The fourth-order valence-corrected chi connectivity index (χ4v) is 3.94. The lowest BCUT2D eigenvalue weighted by Crippen LogP contribution is -2.42. The molecule has 0 amide bonds. The Morgan fingerprint density at radius 1 is 0.933 bits per heavy atom. The summed E-state index contributed by atoms with van der Waals surface area (Å²) in [6.07, 6.45) is 3.31. The van der Waals surface area contributed by atoms with Gasteiger partial charge in [0.15, 0.2) is 0 Å². The molecule has 2 aliphatic rings. The first kappa shape index (κ1) is 19.0. The van der Waals surface area contributed by atoms with Crippen molar-refractivity contribution in [2.45, 2.75) is 30.8 Å². The van der Waals surface area contributed by atoms with E-state index in [0.29, 0.717) is 37.0 Å². The minimum absolute atomic E-state index is 0.0439. The van der Waals surface area contributed by atoms with Crippen molar-refractivity contribution in [1.82, 2.24) is 20.3 Å². The van der Waals surface area contributed by atoms with E-state index in [1.54, 1.807) is 24.5 Å². The minimum atomic E-state index is -0.295. The third-order valence-electron chi connectivity index (χ3n) is 5.42. The Labute approximate surface area is 173 Å². The van der Waals surface area contributed by atoms with Gasteiger partial charge in [0.25, 0.3) is 0 Å². The highest BCUT2D eigenvalue weighted by atomic mass is 19.1. The van der Waals surface area contributed by atoms with Gasteiger partial charge in [-0.25, -0.2) is 14.4 Å². The Bertz CT molecular complexity index is 1010. The molecule has 0 unspecified atom stereocenters. The number of anilines is 1. The van der Waals surface area contributed by atoms with Crippen molar-refractivity contribution >= 4 is 5.95 Å². The lowest BCUT2D eigenvalue weighted by molar-refractivity contribution is 0.0674. The van der Waals surface area contributed by atoms with Crippen LogP contribution in [0.15, 0.2) is 60.9 Å². The van der Waals surface area contributed by atoms with Crippen LogP contribution in [0.4, 0.5) is 10.3 Å². The van der Waals surface area contributed by atoms with Gasteiger partial charge in [0, 0.05) is 24.5 Å². The van der Waals surface area contributed by atoms with Gasteiger partial charge in [-0.1, -0.05) is 18.2 Å². The van der Waals surface area contributed by atoms with Gasteiger partial charge in [-0.3, -0.25) is 4.98 Å². The normalized spacial score (nSPS) is 25.2. The van der Waals surface area contributed by atoms with Crippen LogP contribution in [0.1, 0.15) is 5.69 Å².